The maximum atomic E-state index is 12.7. The highest BCUT2D eigenvalue weighted by atomic mass is 16.5. The Bertz CT molecular complexity index is 530. The standard InChI is InChI=1S/C15H19NO5/c1-10-4-6-15(7-5-10)16(11(9-21-15)14(18)19)13(17)12-3-2-8-20-12/h2-3,8,10-11H,4-7,9H2,1H3,(H,18,19)/t10?,11-,15?/m1/s1. The van der Waals surface area contributed by atoms with E-state index >= 15 is 0 Å². The minimum atomic E-state index is -1.04. The SMILES string of the molecule is CC1CCC2(CC1)OC[C@H](C(=O)O)N2C(=O)c1ccco1. The van der Waals surface area contributed by atoms with E-state index in [2.05, 4.69) is 6.92 Å². The molecule has 1 aliphatic heterocycles. The molecule has 1 atom stereocenters. The van der Waals surface area contributed by atoms with Gasteiger partial charge in [-0.2, -0.15) is 0 Å². The maximum absolute atomic E-state index is 12.7. The highest BCUT2D eigenvalue weighted by molar-refractivity contribution is 5.95. The van der Waals surface area contributed by atoms with Crippen molar-refractivity contribution < 1.29 is 23.8 Å². The van der Waals surface area contributed by atoms with E-state index < -0.39 is 23.6 Å². The van der Waals surface area contributed by atoms with Crippen molar-refractivity contribution in [3.05, 3.63) is 24.2 Å². The number of carbonyl (C=O) groups excluding carboxylic acids is 1. The molecule has 1 saturated carbocycles. The summed E-state index contributed by atoms with van der Waals surface area (Å²) in [4.78, 5) is 25.5. The highest BCUT2D eigenvalue weighted by Crippen LogP contribution is 2.43. The van der Waals surface area contributed by atoms with Gasteiger partial charge in [-0.05, 0) is 43.7 Å². The predicted molar refractivity (Wildman–Crippen MR) is 72.6 cm³/mol. The topological polar surface area (TPSA) is 80.0 Å². The zero-order valence-corrected chi connectivity index (χ0v) is 11.9. The minimum absolute atomic E-state index is 0.0379. The van der Waals surface area contributed by atoms with Crippen molar-refractivity contribution in [2.24, 2.45) is 5.92 Å². The molecule has 1 amide bonds. The lowest BCUT2D eigenvalue weighted by molar-refractivity contribution is -0.143. The summed E-state index contributed by atoms with van der Waals surface area (Å²) >= 11 is 0. The fraction of sp³-hybridized carbons (Fsp3) is 0.600. The number of hydrogen-bond donors (Lipinski definition) is 1. The minimum Gasteiger partial charge on any atom is -0.480 e. The Hall–Kier alpha value is -1.82. The van der Waals surface area contributed by atoms with Gasteiger partial charge < -0.3 is 14.3 Å². The molecule has 1 spiro atoms. The van der Waals surface area contributed by atoms with Gasteiger partial charge in [0.05, 0.1) is 12.9 Å². The second-order valence-corrected chi connectivity index (χ2v) is 5.95. The lowest BCUT2D eigenvalue weighted by Gasteiger charge is -2.42. The largest absolute Gasteiger partial charge is 0.480 e. The number of nitrogens with zero attached hydrogens (tertiary/aromatic N) is 1. The Kier molecular flexibility index (Phi) is 3.49. The fourth-order valence-electron chi connectivity index (χ4n) is 3.29. The van der Waals surface area contributed by atoms with Crippen molar-refractivity contribution in [3.8, 4) is 0 Å². The van der Waals surface area contributed by atoms with Gasteiger partial charge in [0, 0.05) is 0 Å². The Morgan fingerprint density at radius 1 is 1.38 bits per heavy atom. The van der Waals surface area contributed by atoms with E-state index in [1.54, 1.807) is 12.1 Å². The van der Waals surface area contributed by atoms with Gasteiger partial charge in [0.15, 0.2) is 11.8 Å². The van der Waals surface area contributed by atoms with Crippen LogP contribution in [0.2, 0.25) is 0 Å². The summed E-state index contributed by atoms with van der Waals surface area (Å²) in [7, 11) is 0. The molecular formula is C15H19NO5. The number of carboxylic acids is 1. The zero-order valence-electron chi connectivity index (χ0n) is 11.9. The molecular weight excluding hydrogens is 274 g/mol. The third-order valence-corrected chi connectivity index (χ3v) is 4.55. The normalized spacial score (nSPS) is 32.5. The van der Waals surface area contributed by atoms with Gasteiger partial charge in [-0.25, -0.2) is 4.79 Å². The summed E-state index contributed by atoms with van der Waals surface area (Å²) in [6.45, 7) is 2.20. The monoisotopic (exact) mass is 293 g/mol. The molecule has 1 N–H and O–H groups in total. The average Bonchev–Trinajstić information content (AvgIpc) is 3.10. The van der Waals surface area contributed by atoms with Crippen molar-refractivity contribution in [3.63, 3.8) is 0 Å². The molecule has 0 radical (unpaired) electrons. The first-order valence-corrected chi connectivity index (χ1v) is 7.27. The molecule has 114 valence electrons. The summed E-state index contributed by atoms with van der Waals surface area (Å²) in [6.07, 6.45) is 4.60. The van der Waals surface area contributed by atoms with Crippen LogP contribution in [0.5, 0.6) is 0 Å². The van der Waals surface area contributed by atoms with Crippen LogP contribution >= 0.6 is 0 Å². The Morgan fingerprint density at radius 2 is 2.10 bits per heavy atom. The number of furan rings is 1. The van der Waals surface area contributed by atoms with Gasteiger partial charge in [-0.1, -0.05) is 6.92 Å². The number of hydrogen-bond acceptors (Lipinski definition) is 4. The molecule has 1 saturated heterocycles. The Labute approximate surface area is 122 Å². The fourth-order valence-corrected chi connectivity index (χ4v) is 3.29. The van der Waals surface area contributed by atoms with E-state index in [4.69, 9.17) is 9.15 Å². The molecule has 1 aliphatic carbocycles. The molecule has 2 heterocycles. The molecule has 2 fully saturated rings. The Balaban J connectivity index is 1.93. The summed E-state index contributed by atoms with van der Waals surface area (Å²) in [5.41, 5.74) is -0.792. The molecule has 6 nitrogen and oxygen atoms in total. The van der Waals surface area contributed by atoms with E-state index in [-0.39, 0.29) is 12.4 Å². The van der Waals surface area contributed by atoms with Gasteiger partial charge in [0.1, 0.15) is 5.72 Å². The summed E-state index contributed by atoms with van der Waals surface area (Å²) in [5.74, 6) is -0.710. The first-order valence-electron chi connectivity index (χ1n) is 7.27. The average molecular weight is 293 g/mol. The number of aliphatic carboxylic acids is 1. The smallest absolute Gasteiger partial charge is 0.328 e. The van der Waals surface area contributed by atoms with Crippen LogP contribution in [0, 0.1) is 5.92 Å². The van der Waals surface area contributed by atoms with Gasteiger partial charge in [0.2, 0.25) is 0 Å². The van der Waals surface area contributed by atoms with Gasteiger partial charge in [0.25, 0.3) is 5.91 Å². The first kappa shape index (κ1) is 14.1. The lowest BCUT2D eigenvalue weighted by Crippen LogP contribution is -2.55. The number of ether oxygens (including phenoxy) is 1. The molecule has 1 aromatic heterocycles. The molecule has 2 aliphatic rings. The van der Waals surface area contributed by atoms with E-state index in [0.29, 0.717) is 18.8 Å². The molecule has 1 aromatic rings. The number of carbonyl (C=O) groups is 2. The van der Waals surface area contributed by atoms with E-state index in [9.17, 15) is 14.7 Å². The van der Waals surface area contributed by atoms with Gasteiger partial charge in [-0.3, -0.25) is 9.69 Å². The van der Waals surface area contributed by atoms with Crippen molar-refractivity contribution in [1.29, 1.82) is 0 Å². The van der Waals surface area contributed by atoms with E-state index in [0.717, 1.165) is 12.8 Å². The van der Waals surface area contributed by atoms with Crippen LogP contribution in [0.15, 0.2) is 22.8 Å². The van der Waals surface area contributed by atoms with Crippen LogP contribution in [-0.4, -0.2) is 40.3 Å². The lowest BCUT2D eigenvalue weighted by atomic mass is 9.83. The quantitative estimate of drug-likeness (QED) is 0.903. The highest BCUT2D eigenvalue weighted by Gasteiger charge is 2.54. The molecule has 0 unspecified atom stereocenters. The van der Waals surface area contributed by atoms with Crippen molar-refractivity contribution in [2.75, 3.05) is 6.61 Å². The maximum Gasteiger partial charge on any atom is 0.328 e. The van der Waals surface area contributed by atoms with Gasteiger partial charge in [-0.15, -0.1) is 0 Å². The van der Waals surface area contributed by atoms with Crippen LogP contribution in [0.1, 0.15) is 43.2 Å². The second kappa shape index (κ2) is 5.18. The first-order chi connectivity index (χ1) is 10.0. The zero-order chi connectivity index (χ0) is 15.0. The number of amides is 1. The molecule has 6 heteroatoms. The van der Waals surface area contributed by atoms with Crippen LogP contribution in [0.4, 0.5) is 0 Å². The number of rotatable bonds is 2. The van der Waals surface area contributed by atoms with Crippen molar-refractivity contribution in [1.82, 2.24) is 4.90 Å². The predicted octanol–water partition coefficient (Wildman–Crippen LogP) is 2.11. The third-order valence-electron chi connectivity index (χ3n) is 4.55. The van der Waals surface area contributed by atoms with Gasteiger partial charge >= 0.3 is 5.97 Å². The van der Waals surface area contributed by atoms with Crippen molar-refractivity contribution >= 4 is 11.9 Å². The Morgan fingerprint density at radius 3 is 2.67 bits per heavy atom. The summed E-state index contributed by atoms with van der Waals surface area (Å²) < 4.78 is 11.0. The molecule has 21 heavy (non-hydrogen) atoms. The van der Waals surface area contributed by atoms with Crippen molar-refractivity contribution in [2.45, 2.75) is 44.4 Å². The van der Waals surface area contributed by atoms with E-state index in [1.807, 2.05) is 0 Å². The second-order valence-electron chi connectivity index (χ2n) is 5.95. The summed E-state index contributed by atoms with van der Waals surface area (Å²) in [5, 5.41) is 9.39. The van der Waals surface area contributed by atoms with E-state index in [1.165, 1.54) is 11.2 Å². The molecule has 0 aromatic carbocycles. The molecule has 3 rings (SSSR count). The van der Waals surface area contributed by atoms with Crippen LogP contribution in [0.25, 0.3) is 0 Å². The van der Waals surface area contributed by atoms with Crippen LogP contribution in [-0.2, 0) is 9.53 Å². The van der Waals surface area contributed by atoms with Crippen LogP contribution in [0.3, 0.4) is 0 Å². The number of carboxylic acid groups (broad SMARTS) is 1. The summed E-state index contributed by atoms with van der Waals surface area (Å²) in [6, 6.07) is 2.23. The van der Waals surface area contributed by atoms with Crippen LogP contribution < -0.4 is 0 Å². The molecule has 0 bridgehead atoms. The third kappa shape index (κ3) is 2.33.